The van der Waals surface area contributed by atoms with Crippen molar-refractivity contribution in [1.29, 1.82) is 0 Å². The van der Waals surface area contributed by atoms with E-state index < -0.39 is 18.4 Å². The quantitative estimate of drug-likeness (QED) is 0.577. The predicted molar refractivity (Wildman–Crippen MR) is 29.8 cm³/mol. The summed E-state index contributed by atoms with van der Waals surface area (Å²) in [6, 6.07) is 0. The first-order valence-corrected chi connectivity index (χ1v) is 7.77. The third kappa shape index (κ3) is 2.95. The van der Waals surface area contributed by atoms with E-state index in [0.717, 1.165) is 0 Å². The van der Waals surface area contributed by atoms with E-state index in [1.54, 1.807) is 18.3 Å². The summed E-state index contributed by atoms with van der Waals surface area (Å²) in [5.41, 5.74) is 3.26. The van der Waals surface area contributed by atoms with Crippen LogP contribution in [0.2, 0.25) is 11.4 Å². The van der Waals surface area contributed by atoms with Gasteiger partial charge >= 0.3 is 45.6 Å². The Morgan fingerprint density at radius 1 is 1.57 bits per heavy atom. The second kappa shape index (κ2) is 2.06. The van der Waals surface area contributed by atoms with Gasteiger partial charge in [0.1, 0.15) is 0 Å². The van der Waals surface area contributed by atoms with Crippen molar-refractivity contribution in [3.8, 4) is 0 Å². The fourth-order valence-electron chi connectivity index (χ4n) is 0. The van der Waals surface area contributed by atoms with E-state index >= 15 is 0 Å². The molecule has 0 aliphatic carbocycles. The summed E-state index contributed by atoms with van der Waals surface area (Å²) >= 11 is -2.72. The molecule has 0 aromatic carbocycles. The van der Waals surface area contributed by atoms with Gasteiger partial charge in [-0.2, -0.15) is 0 Å². The van der Waals surface area contributed by atoms with Crippen LogP contribution < -0.4 is 0 Å². The van der Waals surface area contributed by atoms with Gasteiger partial charge in [-0.25, -0.2) is 0 Å². The summed E-state index contributed by atoms with van der Waals surface area (Å²) in [6.45, 7) is 1.57. The van der Waals surface area contributed by atoms with Gasteiger partial charge in [-0.3, -0.25) is 0 Å². The second-order valence-electron chi connectivity index (χ2n) is 2.07. The minimum atomic E-state index is -2.72. The van der Waals surface area contributed by atoms with Crippen molar-refractivity contribution in [2.75, 3.05) is 0 Å². The van der Waals surface area contributed by atoms with Crippen molar-refractivity contribution in [2.24, 2.45) is 0 Å². The summed E-state index contributed by atoms with van der Waals surface area (Å²) in [4.78, 5) is -0.585. The molecule has 7 heavy (non-hydrogen) atoms. The van der Waals surface area contributed by atoms with Crippen LogP contribution in [0.15, 0.2) is 0 Å². The molecule has 2 nitrogen and oxygen atoms in total. The molecule has 0 bridgehead atoms. The van der Waals surface area contributed by atoms with E-state index in [1.807, 2.05) is 0 Å². The van der Waals surface area contributed by atoms with Crippen molar-refractivity contribution in [3.63, 3.8) is 0 Å². The zero-order valence-electron chi connectivity index (χ0n) is 4.88. The monoisotopic (exact) mass is 166 g/mol. The average Bonchev–Trinajstić information content (AvgIpc) is 1.31. The fraction of sp³-hybridized carbons (Fsp3) is 1.00. The van der Waals surface area contributed by atoms with Crippen molar-refractivity contribution < 1.29 is 8.85 Å². The van der Waals surface area contributed by atoms with Crippen molar-refractivity contribution in [1.82, 2.24) is 0 Å². The van der Waals surface area contributed by atoms with Gasteiger partial charge in [0.2, 0.25) is 0 Å². The summed E-state index contributed by atoms with van der Waals surface area (Å²) in [5, 5.41) is 8.65. The van der Waals surface area contributed by atoms with E-state index in [9.17, 15) is 3.74 Å². The zero-order chi connectivity index (χ0) is 6.08. The molecule has 0 aromatic rings. The van der Waals surface area contributed by atoms with E-state index in [1.165, 1.54) is 0 Å². The van der Waals surface area contributed by atoms with Crippen LogP contribution in [-0.4, -0.2) is 23.5 Å². The molecule has 1 unspecified atom stereocenters. The van der Waals surface area contributed by atoms with Crippen molar-refractivity contribution in [3.05, 3.63) is 0 Å². The third-order valence-corrected chi connectivity index (χ3v) is 4.68. The SMILES string of the molecule is CC(O)[As](C)(C)=O. The molecule has 0 radical (unpaired) electrons. The molecule has 0 spiro atoms. The molecule has 3 heteroatoms. The fourth-order valence-corrected chi connectivity index (χ4v) is 0. The number of hydrogen-bond acceptors (Lipinski definition) is 2. The maximum atomic E-state index is 10.7. The molecule has 0 rings (SSSR count). The van der Waals surface area contributed by atoms with Crippen LogP contribution in [0.25, 0.3) is 0 Å². The molecule has 0 aliphatic rings. The molecular formula is C4H11AsO2. The number of aliphatic hydroxyl groups is 1. The topological polar surface area (TPSA) is 37.3 Å². The van der Waals surface area contributed by atoms with Crippen molar-refractivity contribution >= 4 is 13.5 Å². The summed E-state index contributed by atoms with van der Waals surface area (Å²) in [7, 11) is 0. The van der Waals surface area contributed by atoms with Crippen LogP contribution in [0.5, 0.6) is 0 Å². The standard InChI is InChI=1S/C4H11AsO2/c1-4(6)5(2,3)7/h4,6H,1-3H3. The van der Waals surface area contributed by atoms with Crippen molar-refractivity contribution in [2.45, 2.75) is 23.2 Å². The Morgan fingerprint density at radius 3 is 1.71 bits per heavy atom. The second-order valence-corrected chi connectivity index (χ2v) is 9.65. The Bertz CT molecular complexity index is 91.9. The predicted octanol–water partition coefficient (Wildman–Crippen LogP) is 0.542. The Morgan fingerprint density at radius 2 is 1.71 bits per heavy atom. The van der Waals surface area contributed by atoms with Crippen LogP contribution in [0.3, 0.4) is 0 Å². The molecule has 0 heterocycles. The molecule has 1 atom stereocenters. The van der Waals surface area contributed by atoms with E-state index in [4.69, 9.17) is 5.11 Å². The first kappa shape index (κ1) is 7.32. The molecule has 0 amide bonds. The number of rotatable bonds is 1. The molecule has 0 saturated carbocycles. The van der Waals surface area contributed by atoms with Gasteiger partial charge in [-0.05, 0) is 0 Å². The molecule has 1 N–H and O–H groups in total. The number of hydrogen-bond donors (Lipinski definition) is 1. The van der Waals surface area contributed by atoms with Crippen LogP contribution in [0, 0.1) is 0 Å². The van der Waals surface area contributed by atoms with Gasteiger partial charge < -0.3 is 0 Å². The average molecular weight is 166 g/mol. The first-order valence-electron chi connectivity index (χ1n) is 2.17. The minimum absolute atomic E-state index is 0.585. The Labute approximate surface area is 46.2 Å². The Hall–Kier alpha value is 0.318. The van der Waals surface area contributed by atoms with Crippen LogP contribution >= 0.6 is 0 Å². The summed E-state index contributed by atoms with van der Waals surface area (Å²) in [5.74, 6) is 0. The zero-order valence-corrected chi connectivity index (χ0v) is 6.76. The van der Waals surface area contributed by atoms with Crippen LogP contribution in [-0.2, 0) is 3.74 Å². The molecular weight excluding hydrogens is 155 g/mol. The van der Waals surface area contributed by atoms with Crippen LogP contribution in [0.1, 0.15) is 6.92 Å². The van der Waals surface area contributed by atoms with Gasteiger partial charge in [0, 0.05) is 0 Å². The summed E-state index contributed by atoms with van der Waals surface area (Å²) in [6.07, 6.45) is 0. The normalized spacial score (nSPS) is 16.6. The van der Waals surface area contributed by atoms with Gasteiger partial charge in [0.25, 0.3) is 0 Å². The molecule has 0 aliphatic heterocycles. The van der Waals surface area contributed by atoms with Crippen LogP contribution in [0.4, 0.5) is 0 Å². The van der Waals surface area contributed by atoms with Gasteiger partial charge in [-0.1, -0.05) is 0 Å². The summed E-state index contributed by atoms with van der Waals surface area (Å²) < 4.78 is 10.7. The Kier molecular flexibility index (Phi) is 2.15. The van der Waals surface area contributed by atoms with Gasteiger partial charge in [0.15, 0.2) is 0 Å². The maximum absolute atomic E-state index is 10.7. The molecule has 0 fully saturated rings. The van der Waals surface area contributed by atoms with Gasteiger partial charge in [-0.15, -0.1) is 0 Å². The van der Waals surface area contributed by atoms with E-state index in [-0.39, 0.29) is 0 Å². The Balaban J connectivity index is 3.80. The molecule has 0 aromatic heterocycles. The molecule has 0 saturated heterocycles. The van der Waals surface area contributed by atoms with E-state index in [2.05, 4.69) is 0 Å². The third-order valence-electron chi connectivity index (χ3n) is 0.900. The number of aliphatic hydroxyl groups excluding tert-OH is 1. The molecule has 44 valence electrons. The first-order chi connectivity index (χ1) is 2.94. The van der Waals surface area contributed by atoms with E-state index in [0.29, 0.717) is 0 Å². The van der Waals surface area contributed by atoms with Gasteiger partial charge in [0.05, 0.1) is 0 Å².